The van der Waals surface area contributed by atoms with Crippen LogP contribution in [0.4, 0.5) is 0 Å². The van der Waals surface area contributed by atoms with Crippen molar-refractivity contribution in [3.63, 3.8) is 0 Å². The predicted octanol–water partition coefficient (Wildman–Crippen LogP) is 3.76. The summed E-state index contributed by atoms with van der Waals surface area (Å²) in [5, 5.41) is 0.734. The van der Waals surface area contributed by atoms with E-state index in [2.05, 4.69) is 16.5 Å². The van der Waals surface area contributed by atoms with Crippen LogP contribution in [0.3, 0.4) is 0 Å². The molecule has 0 amide bonds. The van der Waals surface area contributed by atoms with E-state index in [1.165, 1.54) is 16.8 Å². The summed E-state index contributed by atoms with van der Waals surface area (Å²) in [6.07, 6.45) is 3.91. The molecule has 1 aromatic carbocycles. The molecule has 0 N–H and O–H groups in total. The van der Waals surface area contributed by atoms with Gasteiger partial charge in [0.1, 0.15) is 11.4 Å². The van der Waals surface area contributed by atoms with Crippen LogP contribution in [0.2, 0.25) is 5.02 Å². The van der Waals surface area contributed by atoms with E-state index in [0.717, 1.165) is 35.0 Å². The van der Waals surface area contributed by atoms with Gasteiger partial charge >= 0.3 is 0 Å². The highest BCUT2D eigenvalue weighted by Gasteiger charge is 2.21. The minimum Gasteiger partial charge on any atom is -0.497 e. The van der Waals surface area contributed by atoms with Crippen molar-refractivity contribution in [3.8, 4) is 17.0 Å². The molecule has 2 aromatic heterocycles. The molecule has 100 valence electrons. The van der Waals surface area contributed by atoms with Crippen molar-refractivity contribution in [3.05, 3.63) is 52.8 Å². The van der Waals surface area contributed by atoms with Crippen LogP contribution in [-0.2, 0) is 12.8 Å². The van der Waals surface area contributed by atoms with Crippen molar-refractivity contribution in [1.29, 1.82) is 0 Å². The molecule has 3 nitrogen and oxygen atoms in total. The normalized spacial score (nSPS) is 13.1. The van der Waals surface area contributed by atoms with Gasteiger partial charge in [0, 0.05) is 11.8 Å². The number of pyridine rings is 1. The van der Waals surface area contributed by atoms with Crippen LogP contribution in [0, 0.1) is 0 Å². The average molecular weight is 285 g/mol. The largest absolute Gasteiger partial charge is 0.497 e. The lowest BCUT2D eigenvalue weighted by Gasteiger charge is -2.16. The van der Waals surface area contributed by atoms with E-state index < -0.39 is 0 Å². The van der Waals surface area contributed by atoms with Crippen molar-refractivity contribution in [2.24, 2.45) is 0 Å². The van der Waals surface area contributed by atoms with E-state index in [0.29, 0.717) is 0 Å². The molecule has 0 aliphatic heterocycles. The number of benzene rings is 1. The summed E-state index contributed by atoms with van der Waals surface area (Å²) in [7, 11) is 1.70. The van der Waals surface area contributed by atoms with E-state index in [-0.39, 0.29) is 0 Å². The van der Waals surface area contributed by atoms with Gasteiger partial charge < -0.3 is 9.14 Å². The molecule has 0 fully saturated rings. The zero-order valence-corrected chi connectivity index (χ0v) is 11.8. The molecule has 4 rings (SSSR count). The maximum atomic E-state index is 6.09. The van der Waals surface area contributed by atoms with Crippen LogP contribution < -0.4 is 4.74 Å². The number of aryl methyl sites for hydroxylation is 2. The van der Waals surface area contributed by atoms with Crippen LogP contribution in [-0.4, -0.2) is 16.5 Å². The van der Waals surface area contributed by atoms with Gasteiger partial charge in [-0.15, -0.1) is 0 Å². The van der Waals surface area contributed by atoms with Gasteiger partial charge in [0.25, 0.3) is 0 Å². The summed E-state index contributed by atoms with van der Waals surface area (Å²) in [5.41, 5.74) is 5.75. The summed E-state index contributed by atoms with van der Waals surface area (Å²) in [6.45, 7) is 0. The van der Waals surface area contributed by atoms with Gasteiger partial charge in [0.2, 0.25) is 0 Å². The molecule has 0 atom stereocenters. The molecular formula is C16H13ClN2O. The van der Waals surface area contributed by atoms with Crippen LogP contribution in [0.1, 0.15) is 11.3 Å². The molecule has 0 radical (unpaired) electrons. The molecule has 3 aromatic rings. The first-order valence-corrected chi connectivity index (χ1v) is 6.98. The number of halogens is 1. The van der Waals surface area contributed by atoms with E-state index in [9.17, 15) is 0 Å². The number of hydrogen-bond acceptors (Lipinski definition) is 2. The number of hydrogen-bond donors (Lipinski definition) is 0. The molecule has 0 bridgehead atoms. The average Bonchev–Trinajstić information content (AvgIpc) is 2.84. The zero-order valence-electron chi connectivity index (χ0n) is 11.1. The molecule has 4 heteroatoms. The van der Waals surface area contributed by atoms with Gasteiger partial charge in [0.15, 0.2) is 0 Å². The van der Waals surface area contributed by atoms with Crippen molar-refractivity contribution >= 4 is 17.2 Å². The smallest absolute Gasteiger partial charge is 0.137 e. The number of methoxy groups -OCH3 is 1. The van der Waals surface area contributed by atoms with Gasteiger partial charge in [-0.3, -0.25) is 0 Å². The number of nitrogens with zero attached hydrogens (tertiary/aromatic N) is 2. The Morgan fingerprint density at radius 2 is 2.10 bits per heavy atom. The predicted molar refractivity (Wildman–Crippen MR) is 79.6 cm³/mol. The second-order valence-electron chi connectivity index (χ2n) is 5.01. The topological polar surface area (TPSA) is 26.5 Å². The van der Waals surface area contributed by atoms with E-state index in [1.54, 1.807) is 7.11 Å². The third-order valence-corrected chi connectivity index (χ3v) is 4.10. The van der Waals surface area contributed by atoms with Crippen molar-refractivity contribution in [2.45, 2.75) is 12.8 Å². The van der Waals surface area contributed by atoms with Crippen LogP contribution in [0.25, 0.3) is 16.9 Å². The zero-order chi connectivity index (χ0) is 13.7. The van der Waals surface area contributed by atoms with Crippen molar-refractivity contribution in [2.75, 3.05) is 7.11 Å². The fraction of sp³-hybridized carbons (Fsp3) is 0.188. The Morgan fingerprint density at radius 3 is 2.95 bits per heavy atom. The first-order valence-electron chi connectivity index (χ1n) is 6.60. The van der Waals surface area contributed by atoms with Gasteiger partial charge in [-0.25, -0.2) is 4.98 Å². The Hall–Kier alpha value is -2.00. The molecule has 20 heavy (non-hydrogen) atoms. The second kappa shape index (κ2) is 4.25. The minimum absolute atomic E-state index is 0.734. The lowest BCUT2D eigenvalue weighted by Crippen LogP contribution is -2.05. The first kappa shape index (κ1) is 11.8. The molecule has 0 unspecified atom stereocenters. The van der Waals surface area contributed by atoms with Gasteiger partial charge in [-0.05, 0) is 48.7 Å². The van der Waals surface area contributed by atoms with Gasteiger partial charge in [-0.2, -0.15) is 0 Å². The highest BCUT2D eigenvalue weighted by Crippen LogP contribution is 2.35. The summed E-state index contributed by atoms with van der Waals surface area (Å²) in [6, 6.07) is 10.0. The highest BCUT2D eigenvalue weighted by atomic mass is 35.5. The highest BCUT2D eigenvalue weighted by molar-refractivity contribution is 6.30. The standard InChI is InChI=1S/C16H13ClN2O/c1-20-12-4-5-13-10(8-12)2-6-14-16(13)18-15-7-3-11(17)9-19(14)15/h3-5,7-9H,2,6H2,1H3. The summed E-state index contributed by atoms with van der Waals surface area (Å²) >= 11 is 6.09. The van der Waals surface area contributed by atoms with Crippen molar-refractivity contribution < 1.29 is 4.74 Å². The van der Waals surface area contributed by atoms with E-state index >= 15 is 0 Å². The molecular weight excluding hydrogens is 272 g/mol. The van der Waals surface area contributed by atoms with Crippen molar-refractivity contribution in [1.82, 2.24) is 9.38 Å². The second-order valence-corrected chi connectivity index (χ2v) is 5.44. The lowest BCUT2D eigenvalue weighted by atomic mass is 9.92. The molecule has 1 aliphatic carbocycles. The van der Waals surface area contributed by atoms with E-state index in [4.69, 9.17) is 21.3 Å². The number of rotatable bonds is 1. The quantitative estimate of drug-likeness (QED) is 0.680. The Morgan fingerprint density at radius 1 is 1.20 bits per heavy atom. The number of ether oxygens (including phenoxy) is 1. The Balaban J connectivity index is 1.98. The first-order chi connectivity index (χ1) is 9.76. The SMILES string of the molecule is COc1ccc2c(c1)CCc1c-2nc2ccc(Cl)cn12. The van der Waals surface area contributed by atoms with Crippen LogP contribution >= 0.6 is 11.6 Å². The summed E-state index contributed by atoms with van der Waals surface area (Å²) in [5.74, 6) is 0.902. The monoisotopic (exact) mass is 284 g/mol. The molecule has 1 aliphatic rings. The fourth-order valence-corrected chi connectivity index (χ4v) is 3.07. The van der Waals surface area contributed by atoms with Crippen LogP contribution in [0.5, 0.6) is 5.75 Å². The third-order valence-electron chi connectivity index (χ3n) is 3.88. The Bertz CT molecular complexity index is 823. The third kappa shape index (κ3) is 1.63. The Labute approximate surface area is 121 Å². The Kier molecular flexibility index (Phi) is 2.51. The molecule has 2 heterocycles. The molecule has 0 saturated heterocycles. The molecule has 0 spiro atoms. The van der Waals surface area contributed by atoms with Gasteiger partial charge in [-0.1, -0.05) is 11.6 Å². The maximum absolute atomic E-state index is 6.09. The summed E-state index contributed by atoms with van der Waals surface area (Å²) in [4.78, 5) is 4.75. The lowest BCUT2D eigenvalue weighted by molar-refractivity contribution is 0.414. The summed E-state index contributed by atoms with van der Waals surface area (Å²) < 4.78 is 7.40. The fourth-order valence-electron chi connectivity index (χ4n) is 2.91. The molecule has 0 saturated carbocycles. The number of imidazole rings is 1. The minimum atomic E-state index is 0.734. The van der Waals surface area contributed by atoms with Crippen LogP contribution in [0.15, 0.2) is 36.5 Å². The maximum Gasteiger partial charge on any atom is 0.137 e. The van der Waals surface area contributed by atoms with Gasteiger partial charge in [0.05, 0.1) is 23.5 Å². The number of aromatic nitrogens is 2. The van der Waals surface area contributed by atoms with E-state index in [1.807, 2.05) is 24.4 Å². The number of fused-ring (bicyclic) bond motifs is 5.